The molecule has 2 heterocycles. The van der Waals surface area contributed by atoms with Gasteiger partial charge in [0.15, 0.2) is 17.2 Å². The fourth-order valence-corrected chi connectivity index (χ4v) is 4.93. The SMILES string of the molecule is O=S(=O)(c1ccc(F)c(F)c1)N1CCN(Cn2c(=S)oc3ccccc32)CC1. The first-order valence-electron chi connectivity index (χ1n) is 8.62. The van der Waals surface area contributed by atoms with E-state index in [4.69, 9.17) is 16.6 Å². The van der Waals surface area contributed by atoms with Crippen LogP contribution in [-0.4, -0.2) is 48.4 Å². The molecule has 0 atom stereocenters. The highest BCUT2D eigenvalue weighted by molar-refractivity contribution is 7.89. The molecule has 0 unspecified atom stereocenters. The lowest BCUT2D eigenvalue weighted by Gasteiger charge is -2.34. The Balaban J connectivity index is 1.47. The van der Waals surface area contributed by atoms with Crippen molar-refractivity contribution in [2.24, 2.45) is 0 Å². The summed E-state index contributed by atoms with van der Waals surface area (Å²) < 4.78 is 60.6. The lowest BCUT2D eigenvalue weighted by atomic mass is 10.3. The minimum atomic E-state index is -3.88. The van der Waals surface area contributed by atoms with Gasteiger partial charge in [-0.2, -0.15) is 4.31 Å². The van der Waals surface area contributed by atoms with Crippen LogP contribution in [0.5, 0.6) is 0 Å². The third-order valence-electron chi connectivity index (χ3n) is 4.78. The predicted molar refractivity (Wildman–Crippen MR) is 102 cm³/mol. The van der Waals surface area contributed by atoms with Crippen LogP contribution < -0.4 is 0 Å². The summed E-state index contributed by atoms with van der Waals surface area (Å²) in [7, 11) is -3.88. The quantitative estimate of drug-likeness (QED) is 0.601. The second-order valence-electron chi connectivity index (χ2n) is 6.50. The van der Waals surface area contributed by atoms with E-state index in [1.807, 2.05) is 28.8 Å². The van der Waals surface area contributed by atoms with E-state index >= 15 is 0 Å². The number of fused-ring (bicyclic) bond motifs is 1. The van der Waals surface area contributed by atoms with Crippen molar-refractivity contribution >= 4 is 33.3 Å². The van der Waals surface area contributed by atoms with E-state index < -0.39 is 21.7 Å². The van der Waals surface area contributed by atoms with Gasteiger partial charge in [-0.1, -0.05) is 12.1 Å². The Bertz CT molecular complexity index is 1180. The van der Waals surface area contributed by atoms with E-state index in [1.54, 1.807) is 0 Å². The number of nitrogens with zero attached hydrogens (tertiary/aromatic N) is 3. The van der Waals surface area contributed by atoms with Crippen LogP contribution in [0.3, 0.4) is 0 Å². The molecule has 0 saturated carbocycles. The van der Waals surface area contributed by atoms with E-state index in [2.05, 4.69) is 4.90 Å². The minimum Gasteiger partial charge on any atom is -0.429 e. The maximum Gasteiger partial charge on any atom is 0.270 e. The van der Waals surface area contributed by atoms with Crippen molar-refractivity contribution in [2.45, 2.75) is 11.6 Å². The van der Waals surface area contributed by atoms with Crippen molar-refractivity contribution in [1.29, 1.82) is 0 Å². The molecule has 1 fully saturated rings. The van der Waals surface area contributed by atoms with Crippen LogP contribution in [0.2, 0.25) is 0 Å². The molecular formula is C18H17F2N3O3S2. The molecule has 0 bridgehead atoms. The van der Waals surface area contributed by atoms with Crippen molar-refractivity contribution < 1.29 is 21.6 Å². The second-order valence-corrected chi connectivity index (χ2v) is 8.79. The van der Waals surface area contributed by atoms with Crippen LogP contribution in [0.25, 0.3) is 11.1 Å². The molecule has 0 radical (unpaired) electrons. The second kappa shape index (κ2) is 7.36. The van der Waals surface area contributed by atoms with Gasteiger partial charge < -0.3 is 4.42 Å². The molecule has 1 saturated heterocycles. The van der Waals surface area contributed by atoms with Gasteiger partial charge >= 0.3 is 0 Å². The van der Waals surface area contributed by atoms with Crippen LogP contribution in [0, 0.1) is 16.5 Å². The summed E-state index contributed by atoms with van der Waals surface area (Å²) in [6, 6.07) is 10.1. The van der Waals surface area contributed by atoms with E-state index in [1.165, 1.54) is 4.31 Å². The van der Waals surface area contributed by atoms with Gasteiger partial charge in [-0.05, 0) is 42.5 Å². The molecule has 148 valence electrons. The van der Waals surface area contributed by atoms with E-state index in [-0.39, 0.29) is 18.0 Å². The van der Waals surface area contributed by atoms with Gasteiger partial charge in [0.1, 0.15) is 0 Å². The minimum absolute atomic E-state index is 0.241. The summed E-state index contributed by atoms with van der Waals surface area (Å²) in [6.07, 6.45) is 0. The molecule has 6 nitrogen and oxygen atoms in total. The third-order valence-corrected chi connectivity index (χ3v) is 6.97. The Labute approximate surface area is 165 Å². The Kier molecular flexibility index (Phi) is 5.04. The average molecular weight is 425 g/mol. The molecule has 1 aliphatic heterocycles. The van der Waals surface area contributed by atoms with Gasteiger partial charge in [-0.3, -0.25) is 9.47 Å². The number of piperazine rings is 1. The van der Waals surface area contributed by atoms with Crippen LogP contribution in [0.1, 0.15) is 0 Å². The van der Waals surface area contributed by atoms with E-state index in [0.717, 1.165) is 17.6 Å². The summed E-state index contributed by atoms with van der Waals surface area (Å²) in [4.78, 5) is 2.18. The first kappa shape index (κ1) is 19.2. The number of hydrogen-bond donors (Lipinski definition) is 0. The first-order chi connectivity index (χ1) is 13.4. The maximum atomic E-state index is 13.4. The van der Waals surface area contributed by atoms with Gasteiger partial charge in [0.2, 0.25) is 10.0 Å². The summed E-state index contributed by atoms with van der Waals surface area (Å²) in [5.41, 5.74) is 1.58. The van der Waals surface area contributed by atoms with Gasteiger partial charge in [0.05, 0.1) is 17.1 Å². The average Bonchev–Trinajstić information content (AvgIpc) is 3.00. The Morgan fingerprint density at radius 2 is 1.71 bits per heavy atom. The standard InChI is InChI=1S/C18H17F2N3O3S2/c19-14-6-5-13(11-15(14)20)28(24,25)22-9-7-21(8-10-22)12-23-16-3-1-2-4-17(16)26-18(23)27/h1-6,11H,7-10,12H2. The number of aromatic nitrogens is 1. The monoisotopic (exact) mass is 425 g/mol. The van der Waals surface area contributed by atoms with Crippen LogP contribution in [0.4, 0.5) is 8.78 Å². The number of halogens is 2. The molecule has 4 rings (SSSR count). The highest BCUT2D eigenvalue weighted by Crippen LogP contribution is 2.21. The van der Waals surface area contributed by atoms with Crippen LogP contribution >= 0.6 is 12.2 Å². The molecule has 0 amide bonds. The number of sulfonamides is 1. The predicted octanol–water partition coefficient (Wildman–Crippen LogP) is 3.21. The van der Waals surface area contributed by atoms with Gasteiger partial charge in [-0.15, -0.1) is 0 Å². The molecule has 0 spiro atoms. The van der Waals surface area contributed by atoms with Crippen molar-refractivity contribution in [1.82, 2.24) is 13.8 Å². The van der Waals surface area contributed by atoms with E-state index in [0.29, 0.717) is 36.2 Å². The summed E-state index contributed by atoms with van der Waals surface area (Å²) >= 11 is 5.29. The summed E-state index contributed by atoms with van der Waals surface area (Å²) in [5, 5.41) is 0. The van der Waals surface area contributed by atoms with Gasteiger partial charge in [-0.25, -0.2) is 17.2 Å². The number of benzene rings is 2. The van der Waals surface area contributed by atoms with Gasteiger partial charge in [0.25, 0.3) is 4.84 Å². The first-order valence-corrected chi connectivity index (χ1v) is 10.5. The summed E-state index contributed by atoms with van der Waals surface area (Å²) in [5.74, 6) is -2.26. The lowest BCUT2D eigenvalue weighted by molar-refractivity contribution is 0.151. The maximum absolute atomic E-state index is 13.4. The van der Waals surface area contributed by atoms with Gasteiger partial charge in [0, 0.05) is 26.2 Å². The molecule has 10 heteroatoms. The molecule has 3 aromatic rings. The molecule has 2 aromatic carbocycles. The summed E-state index contributed by atoms with van der Waals surface area (Å²) in [6.45, 7) is 1.91. The van der Waals surface area contributed by atoms with Crippen molar-refractivity contribution in [3.63, 3.8) is 0 Å². The molecule has 1 aromatic heterocycles. The fourth-order valence-electron chi connectivity index (χ4n) is 3.25. The smallest absolute Gasteiger partial charge is 0.270 e. The number of hydrogen-bond acceptors (Lipinski definition) is 5. The largest absolute Gasteiger partial charge is 0.429 e. The molecule has 0 aliphatic carbocycles. The zero-order valence-corrected chi connectivity index (χ0v) is 16.3. The third kappa shape index (κ3) is 3.48. The van der Waals surface area contributed by atoms with Crippen LogP contribution in [-0.2, 0) is 16.7 Å². The highest BCUT2D eigenvalue weighted by atomic mass is 32.2. The van der Waals surface area contributed by atoms with Crippen molar-refractivity contribution in [3.05, 3.63) is 58.9 Å². The molecular weight excluding hydrogens is 408 g/mol. The normalized spacial score (nSPS) is 16.6. The Hall–Kier alpha value is -2.14. The van der Waals surface area contributed by atoms with Crippen molar-refractivity contribution in [3.8, 4) is 0 Å². The number of rotatable bonds is 4. The van der Waals surface area contributed by atoms with E-state index in [9.17, 15) is 17.2 Å². The highest BCUT2D eigenvalue weighted by Gasteiger charge is 2.29. The van der Waals surface area contributed by atoms with Crippen molar-refractivity contribution in [2.75, 3.05) is 26.2 Å². The lowest BCUT2D eigenvalue weighted by Crippen LogP contribution is -2.48. The molecule has 0 N–H and O–H groups in total. The topological polar surface area (TPSA) is 58.7 Å². The number of oxazole rings is 1. The Morgan fingerprint density at radius 1 is 1.00 bits per heavy atom. The number of para-hydroxylation sites is 2. The Morgan fingerprint density at radius 3 is 2.43 bits per heavy atom. The molecule has 1 aliphatic rings. The molecule has 28 heavy (non-hydrogen) atoms. The van der Waals surface area contributed by atoms with Crippen LogP contribution in [0.15, 0.2) is 51.8 Å². The zero-order chi connectivity index (χ0) is 19.9. The fraction of sp³-hybridized carbons (Fsp3) is 0.278. The zero-order valence-electron chi connectivity index (χ0n) is 14.7.